The van der Waals surface area contributed by atoms with E-state index in [9.17, 15) is 4.39 Å². The third-order valence-electron chi connectivity index (χ3n) is 2.02. The number of hydrogen-bond donors (Lipinski definition) is 0. The minimum atomic E-state index is -0.287. The summed E-state index contributed by atoms with van der Waals surface area (Å²) in [4.78, 5) is 4.01. The number of imidazole rings is 1. The second-order valence-corrected chi connectivity index (χ2v) is 3.61. The van der Waals surface area contributed by atoms with E-state index in [1.807, 2.05) is 17.6 Å². The van der Waals surface area contributed by atoms with Gasteiger partial charge in [0.05, 0.1) is 16.3 Å². The predicted molar refractivity (Wildman–Crippen MR) is 53.1 cm³/mol. The molecule has 0 bridgehead atoms. The van der Waals surface area contributed by atoms with Crippen molar-refractivity contribution in [2.24, 2.45) is 0 Å². The van der Waals surface area contributed by atoms with Gasteiger partial charge in [-0.25, -0.2) is 9.37 Å². The van der Waals surface area contributed by atoms with Gasteiger partial charge in [0.1, 0.15) is 5.52 Å². The van der Waals surface area contributed by atoms with E-state index < -0.39 is 0 Å². The molecule has 0 fully saturated rings. The molecule has 0 saturated heterocycles. The number of rotatable bonds is 1. The van der Waals surface area contributed by atoms with Crippen molar-refractivity contribution in [2.45, 2.75) is 13.5 Å². The Kier molecular flexibility index (Phi) is 2.07. The van der Waals surface area contributed by atoms with Gasteiger partial charge in [0.2, 0.25) is 0 Å². The first-order valence-electron chi connectivity index (χ1n) is 4.03. The van der Waals surface area contributed by atoms with Gasteiger partial charge >= 0.3 is 0 Å². The van der Waals surface area contributed by atoms with E-state index in [0.29, 0.717) is 9.99 Å². The number of benzene rings is 1. The minimum Gasteiger partial charge on any atom is -0.331 e. The van der Waals surface area contributed by atoms with Crippen LogP contribution in [-0.4, -0.2) is 9.55 Å². The van der Waals surface area contributed by atoms with E-state index in [0.717, 1.165) is 12.1 Å². The Labute approximate surface area is 83.5 Å². The topological polar surface area (TPSA) is 17.8 Å². The first-order valence-corrected chi connectivity index (χ1v) is 4.82. The normalized spacial score (nSPS) is 11.0. The van der Waals surface area contributed by atoms with E-state index in [1.165, 1.54) is 0 Å². The van der Waals surface area contributed by atoms with Crippen molar-refractivity contribution in [1.82, 2.24) is 9.55 Å². The first-order chi connectivity index (χ1) is 6.24. The van der Waals surface area contributed by atoms with Crippen molar-refractivity contribution in [3.63, 3.8) is 0 Å². The van der Waals surface area contributed by atoms with Crippen molar-refractivity contribution < 1.29 is 4.39 Å². The van der Waals surface area contributed by atoms with Gasteiger partial charge in [-0.2, -0.15) is 0 Å². The highest BCUT2D eigenvalue weighted by Gasteiger charge is 2.08. The molecule has 0 aliphatic carbocycles. The van der Waals surface area contributed by atoms with Crippen molar-refractivity contribution >= 4 is 27.0 Å². The van der Waals surface area contributed by atoms with Crippen molar-refractivity contribution in [3.05, 3.63) is 28.7 Å². The zero-order valence-corrected chi connectivity index (χ0v) is 8.68. The second-order valence-electron chi connectivity index (χ2n) is 2.76. The molecular formula is C9H8BrFN2. The highest BCUT2D eigenvalue weighted by atomic mass is 79.9. The van der Waals surface area contributed by atoms with Crippen LogP contribution in [0.1, 0.15) is 6.92 Å². The van der Waals surface area contributed by atoms with Gasteiger partial charge in [0.25, 0.3) is 0 Å². The van der Waals surface area contributed by atoms with Crippen LogP contribution in [0.2, 0.25) is 0 Å². The number of nitrogens with zero attached hydrogens (tertiary/aromatic N) is 2. The molecule has 1 aromatic carbocycles. The van der Waals surface area contributed by atoms with E-state index >= 15 is 0 Å². The van der Waals surface area contributed by atoms with Crippen LogP contribution >= 0.6 is 15.9 Å². The molecule has 0 aliphatic rings. The lowest BCUT2D eigenvalue weighted by atomic mass is 10.3. The molecule has 4 heteroatoms. The van der Waals surface area contributed by atoms with Gasteiger partial charge < -0.3 is 4.57 Å². The SMILES string of the molecule is CCn1cnc2c(F)c(Br)ccc21. The Bertz CT molecular complexity index is 450. The molecule has 1 aromatic heterocycles. The van der Waals surface area contributed by atoms with Gasteiger partial charge in [-0.3, -0.25) is 0 Å². The van der Waals surface area contributed by atoms with Crippen LogP contribution in [0.15, 0.2) is 22.9 Å². The summed E-state index contributed by atoms with van der Waals surface area (Å²) < 4.78 is 15.8. The number of aryl methyl sites for hydroxylation is 1. The van der Waals surface area contributed by atoms with Crippen LogP contribution in [0, 0.1) is 5.82 Å². The van der Waals surface area contributed by atoms with E-state index in [2.05, 4.69) is 20.9 Å². The van der Waals surface area contributed by atoms with Crippen LogP contribution in [0.4, 0.5) is 4.39 Å². The van der Waals surface area contributed by atoms with E-state index in [4.69, 9.17) is 0 Å². The molecule has 0 spiro atoms. The summed E-state index contributed by atoms with van der Waals surface area (Å²) in [6, 6.07) is 3.56. The molecule has 0 atom stereocenters. The van der Waals surface area contributed by atoms with E-state index in [-0.39, 0.29) is 5.82 Å². The summed E-state index contributed by atoms with van der Waals surface area (Å²) in [7, 11) is 0. The summed E-state index contributed by atoms with van der Waals surface area (Å²) in [6.45, 7) is 2.80. The Morgan fingerprint density at radius 1 is 1.54 bits per heavy atom. The molecule has 2 rings (SSSR count). The molecule has 0 amide bonds. The molecule has 0 aliphatic heterocycles. The quantitative estimate of drug-likeness (QED) is 0.752. The maximum Gasteiger partial charge on any atom is 0.165 e. The molecule has 2 aromatic rings. The number of fused-ring (bicyclic) bond motifs is 1. The third-order valence-corrected chi connectivity index (χ3v) is 2.64. The number of hydrogen-bond acceptors (Lipinski definition) is 1. The molecule has 68 valence electrons. The molecule has 0 unspecified atom stereocenters. The second kappa shape index (κ2) is 3.10. The van der Waals surface area contributed by atoms with Gasteiger partial charge in [-0.1, -0.05) is 0 Å². The maximum absolute atomic E-state index is 13.4. The lowest BCUT2D eigenvalue weighted by Gasteiger charge is -1.99. The van der Waals surface area contributed by atoms with Gasteiger partial charge in [-0.05, 0) is 35.0 Å². The van der Waals surface area contributed by atoms with Crippen LogP contribution in [0.3, 0.4) is 0 Å². The van der Waals surface area contributed by atoms with Crippen molar-refractivity contribution in [2.75, 3.05) is 0 Å². The van der Waals surface area contributed by atoms with Crippen molar-refractivity contribution in [3.8, 4) is 0 Å². The Morgan fingerprint density at radius 2 is 2.31 bits per heavy atom. The van der Waals surface area contributed by atoms with Crippen LogP contribution in [-0.2, 0) is 6.54 Å². The monoisotopic (exact) mass is 242 g/mol. The van der Waals surface area contributed by atoms with Gasteiger partial charge in [-0.15, -0.1) is 0 Å². The highest BCUT2D eigenvalue weighted by Crippen LogP contribution is 2.23. The zero-order chi connectivity index (χ0) is 9.42. The third kappa shape index (κ3) is 1.25. The first kappa shape index (κ1) is 8.69. The fraction of sp³-hybridized carbons (Fsp3) is 0.222. The molecule has 0 saturated carbocycles. The van der Waals surface area contributed by atoms with Gasteiger partial charge in [0.15, 0.2) is 5.82 Å². The minimum absolute atomic E-state index is 0.287. The lowest BCUT2D eigenvalue weighted by Crippen LogP contribution is -1.90. The maximum atomic E-state index is 13.4. The van der Waals surface area contributed by atoms with E-state index in [1.54, 1.807) is 12.4 Å². The average molecular weight is 243 g/mol. The number of aromatic nitrogens is 2. The molecule has 1 heterocycles. The Balaban J connectivity index is 2.81. The Hall–Kier alpha value is -0.900. The standard InChI is InChI=1S/C9H8BrFN2/c1-2-13-5-12-9-7(13)4-3-6(10)8(9)11/h3-5H,2H2,1H3. The largest absolute Gasteiger partial charge is 0.331 e. The van der Waals surface area contributed by atoms with Crippen molar-refractivity contribution in [1.29, 1.82) is 0 Å². The summed E-state index contributed by atoms with van der Waals surface area (Å²) in [5.74, 6) is -0.287. The molecule has 0 N–H and O–H groups in total. The Morgan fingerprint density at radius 3 is 3.00 bits per heavy atom. The van der Waals surface area contributed by atoms with Gasteiger partial charge in [0, 0.05) is 6.54 Å². The summed E-state index contributed by atoms with van der Waals surface area (Å²) in [6.07, 6.45) is 1.65. The zero-order valence-electron chi connectivity index (χ0n) is 7.09. The predicted octanol–water partition coefficient (Wildman–Crippen LogP) is 2.96. The highest BCUT2D eigenvalue weighted by molar-refractivity contribution is 9.10. The lowest BCUT2D eigenvalue weighted by molar-refractivity contribution is 0.630. The van der Waals surface area contributed by atoms with Crippen LogP contribution in [0.25, 0.3) is 11.0 Å². The average Bonchev–Trinajstić information content (AvgIpc) is 2.55. The molecule has 2 nitrogen and oxygen atoms in total. The van der Waals surface area contributed by atoms with Crippen LogP contribution in [0.5, 0.6) is 0 Å². The molecule has 13 heavy (non-hydrogen) atoms. The smallest absolute Gasteiger partial charge is 0.165 e. The summed E-state index contributed by atoms with van der Waals surface area (Å²) in [5.41, 5.74) is 1.26. The summed E-state index contributed by atoms with van der Waals surface area (Å²) in [5, 5.41) is 0. The van der Waals surface area contributed by atoms with Crippen LogP contribution < -0.4 is 0 Å². The fourth-order valence-corrected chi connectivity index (χ4v) is 1.65. The molecule has 0 radical (unpaired) electrons. The fourth-order valence-electron chi connectivity index (χ4n) is 1.33. The number of halogens is 2. The summed E-state index contributed by atoms with van der Waals surface area (Å²) >= 11 is 3.12. The molecular weight excluding hydrogens is 235 g/mol.